The Morgan fingerprint density at radius 3 is 2.85 bits per heavy atom. The highest BCUT2D eigenvalue weighted by atomic mass is 16.3. The van der Waals surface area contributed by atoms with E-state index in [2.05, 4.69) is 0 Å². The molecule has 2 N–H and O–H groups in total. The van der Waals surface area contributed by atoms with Crippen LogP contribution in [0.2, 0.25) is 0 Å². The molecule has 1 aromatic heterocycles. The molecule has 0 radical (unpaired) electrons. The summed E-state index contributed by atoms with van der Waals surface area (Å²) in [6, 6.07) is 3.33. The van der Waals surface area contributed by atoms with E-state index in [-0.39, 0.29) is 5.78 Å². The zero-order valence-electron chi connectivity index (χ0n) is 8.04. The number of furan rings is 1. The molecule has 0 aliphatic carbocycles. The quantitative estimate of drug-likeness (QED) is 0.722. The molecule has 0 amide bonds. The largest absolute Gasteiger partial charge is 0.461 e. The van der Waals surface area contributed by atoms with Crippen molar-refractivity contribution in [3.05, 3.63) is 24.2 Å². The van der Waals surface area contributed by atoms with Crippen molar-refractivity contribution in [3.8, 4) is 0 Å². The van der Waals surface area contributed by atoms with E-state index in [1.807, 2.05) is 6.92 Å². The normalized spacial score (nSPS) is 15.3. The van der Waals surface area contributed by atoms with Crippen LogP contribution in [0.15, 0.2) is 22.8 Å². The van der Waals surface area contributed by atoms with Crippen LogP contribution in [0.3, 0.4) is 0 Å². The third kappa shape index (κ3) is 2.18. The highest BCUT2D eigenvalue weighted by Gasteiger charge is 2.29. The second-order valence-electron chi connectivity index (χ2n) is 3.47. The summed E-state index contributed by atoms with van der Waals surface area (Å²) in [6.45, 7) is 3.74. The van der Waals surface area contributed by atoms with Gasteiger partial charge in [0.15, 0.2) is 5.76 Å². The maximum atomic E-state index is 11.7. The van der Waals surface area contributed by atoms with Gasteiger partial charge in [0.05, 0.1) is 11.8 Å². The fourth-order valence-electron chi connectivity index (χ4n) is 1.32. The van der Waals surface area contributed by atoms with Crippen molar-refractivity contribution >= 4 is 5.78 Å². The summed E-state index contributed by atoms with van der Waals surface area (Å²) in [6.07, 6.45) is 3.04. The van der Waals surface area contributed by atoms with Gasteiger partial charge in [-0.25, -0.2) is 0 Å². The van der Waals surface area contributed by atoms with E-state index in [1.165, 1.54) is 6.26 Å². The van der Waals surface area contributed by atoms with Crippen LogP contribution in [0.4, 0.5) is 0 Å². The number of rotatable bonds is 4. The van der Waals surface area contributed by atoms with Crippen molar-refractivity contribution in [3.63, 3.8) is 0 Å². The molecule has 0 bridgehead atoms. The van der Waals surface area contributed by atoms with Crippen LogP contribution in [-0.4, -0.2) is 11.3 Å². The Bertz CT molecular complexity index is 275. The van der Waals surface area contributed by atoms with E-state index < -0.39 is 5.54 Å². The molecule has 13 heavy (non-hydrogen) atoms. The maximum absolute atomic E-state index is 11.7. The predicted molar refractivity (Wildman–Crippen MR) is 50.5 cm³/mol. The molecule has 1 unspecified atom stereocenters. The maximum Gasteiger partial charge on any atom is 0.217 e. The minimum atomic E-state index is -0.799. The fourth-order valence-corrected chi connectivity index (χ4v) is 1.32. The minimum absolute atomic E-state index is 0.126. The van der Waals surface area contributed by atoms with Gasteiger partial charge in [-0.3, -0.25) is 4.79 Å². The van der Waals surface area contributed by atoms with E-state index in [9.17, 15) is 4.79 Å². The Hall–Kier alpha value is -1.09. The van der Waals surface area contributed by atoms with Crippen LogP contribution in [-0.2, 0) is 0 Å². The summed E-state index contributed by atoms with van der Waals surface area (Å²) in [5.41, 5.74) is 5.05. The lowest BCUT2D eigenvalue weighted by atomic mass is 9.91. The van der Waals surface area contributed by atoms with E-state index in [4.69, 9.17) is 10.2 Å². The van der Waals surface area contributed by atoms with Gasteiger partial charge in [-0.15, -0.1) is 0 Å². The van der Waals surface area contributed by atoms with Crippen LogP contribution in [0.1, 0.15) is 37.2 Å². The molecule has 0 saturated heterocycles. The molecule has 72 valence electrons. The third-order valence-corrected chi connectivity index (χ3v) is 2.03. The second-order valence-corrected chi connectivity index (χ2v) is 3.47. The number of hydrogen-bond acceptors (Lipinski definition) is 3. The monoisotopic (exact) mass is 181 g/mol. The third-order valence-electron chi connectivity index (χ3n) is 2.03. The first-order valence-corrected chi connectivity index (χ1v) is 4.45. The van der Waals surface area contributed by atoms with Crippen LogP contribution in [0, 0.1) is 0 Å². The average molecular weight is 181 g/mol. The molecule has 3 nitrogen and oxygen atoms in total. The minimum Gasteiger partial charge on any atom is -0.461 e. The lowest BCUT2D eigenvalue weighted by molar-refractivity contribution is 0.0864. The van der Waals surface area contributed by atoms with Crippen molar-refractivity contribution < 1.29 is 9.21 Å². The number of ketones is 1. The molecule has 0 spiro atoms. The molecule has 1 rings (SSSR count). The van der Waals surface area contributed by atoms with Crippen LogP contribution >= 0.6 is 0 Å². The number of carbonyl (C=O) groups excluding carboxylic acids is 1. The molecule has 0 saturated carbocycles. The Morgan fingerprint density at radius 2 is 2.38 bits per heavy atom. The first kappa shape index (κ1) is 9.99. The number of Topliss-reactive ketones (excluding diaryl/α,β-unsaturated/α-hetero) is 1. The van der Waals surface area contributed by atoms with Crippen molar-refractivity contribution in [2.24, 2.45) is 5.73 Å². The first-order chi connectivity index (χ1) is 6.08. The Morgan fingerprint density at radius 1 is 1.69 bits per heavy atom. The summed E-state index contributed by atoms with van der Waals surface area (Å²) in [5.74, 6) is 0.220. The molecule has 0 aliphatic rings. The van der Waals surface area contributed by atoms with Crippen LogP contribution < -0.4 is 5.73 Å². The lowest BCUT2D eigenvalue weighted by Gasteiger charge is -2.20. The molecule has 1 aromatic rings. The van der Waals surface area contributed by atoms with E-state index in [0.29, 0.717) is 12.2 Å². The van der Waals surface area contributed by atoms with Gasteiger partial charge in [-0.2, -0.15) is 0 Å². The molecule has 0 aliphatic heterocycles. The van der Waals surface area contributed by atoms with Crippen LogP contribution in [0.25, 0.3) is 0 Å². The van der Waals surface area contributed by atoms with Gasteiger partial charge in [0.25, 0.3) is 0 Å². The van der Waals surface area contributed by atoms with Gasteiger partial charge in [0, 0.05) is 0 Å². The van der Waals surface area contributed by atoms with Crippen molar-refractivity contribution in [1.29, 1.82) is 0 Å². The van der Waals surface area contributed by atoms with Gasteiger partial charge >= 0.3 is 0 Å². The lowest BCUT2D eigenvalue weighted by Crippen LogP contribution is -2.44. The number of hydrogen-bond donors (Lipinski definition) is 1. The topological polar surface area (TPSA) is 56.2 Å². The molecule has 0 aromatic carbocycles. The standard InChI is InChI=1S/C10H15NO2/c1-3-6-10(2,11)9(12)8-5-4-7-13-8/h4-5,7H,3,6,11H2,1-2H3. The number of nitrogens with two attached hydrogens (primary N) is 1. The molecule has 1 atom stereocenters. The zero-order chi connectivity index (χ0) is 9.90. The smallest absolute Gasteiger partial charge is 0.217 e. The molecular weight excluding hydrogens is 166 g/mol. The average Bonchev–Trinajstić information content (AvgIpc) is 2.54. The Labute approximate surface area is 77.9 Å². The number of carbonyl (C=O) groups is 1. The summed E-state index contributed by atoms with van der Waals surface area (Å²) in [4.78, 5) is 11.7. The summed E-state index contributed by atoms with van der Waals surface area (Å²) >= 11 is 0. The van der Waals surface area contributed by atoms with Gasteiger partial charge in [-0.05, 0) is 25.5 Å². The molecule has 3 heteroatoms. The zero-order valence-corrected chi connectivity index (χ0v) is 8.04. The van der Waals surface area contributed by atoms with Gasteiger partial charge in [0.2, 0.25) is 5.78 Å². The summed E-state index contributed by atoms with van der Waals surface area (Å²) < 4.78 is 5.00. The first-order valence-electron chi connectivity index (χ1n) is 4.45. The van der Waals surface area contributed by atoms with E-state index in [1.54, 1.807) is 19.1 Å². The highest BCUT2D eigenvalue weighted by molar-refractivity contribution is 6.00. The van der Waals surface area contributed by atoms with Crippen molar-refractivity contribution in [2.75, 3.05) is 0 Å². The Balaban J connectivity index is 2.78. The fraction of sp³-hybridized carbons (Fsp3) is 0.500. The van der Waals surface area contributed by atoms with Crippen molar-refractivity contribution in [2.45, 2.75) is 32.2 Å². The van der Waals surface area contributed by atoms with Gasteiger partial charge < -0.3 is 10.2 Å². The predicted octanol–water partition coefficient (Wildman–Crippen LogP) is 1.98. The molecule has 1 heterocycles. The van der Waals surface area contributed by atoms with Gasteiger partial charge in [-0.1, -0.05) is 13.3 Å². The summed E-state index contributed by atoms with van der Waals surface area (Å²) in [5, 5.41) is 0. The Kier molecular flexibility index (Phi) is 2.88. The van der Waals surface area contributed by atoms with Crippen molar-refractivity contribution in [1.82, 2.24) is 0 Å². The second kappa shape index (κ2) is 3.75. The van der Waals surface area contributed by atoms with E-state index in [0.717, 1.165) is 6.42 Å². The molecular formula is C10H15NO2. The summed E-state index contributed by atoms with van der Waals surface area (Å²) in [7, 11) is 0. The molecule has 0 fully saturated rings. The SMILES string of the molecule is CCCC(C)(N)C(=O)c1ccco1. The highest BCUT2D eigenvalue weighted by Crippen LogP contribution is 2.16. The van der Waals surface area contributed by atoms with Gasteiger partial charge in [0.1, 0.15) is 0 Å². The van der Waals surface area contributed by atoms with E-state index >= 15 is 0 Å². The van der Waals surface area contributed by atoms with Crippen LogP contribution in [0.5, 0.6) is 0 Å².